The summed E-state index contributed by atoms with van der Waals surface area (Å²) in [6, 6.07) is 13.4. The van der Waals surface area contributed by atoms with E-state index >= 15 is 0 Å². The summed E-state index contributed by atoms with van der Waals surface area (Å²) in [4.78, 5) is 18.9. The van der Waals surface area contributed by atoms with E-state index in [-0.39, 0.29) is 11.8 Å². The minimum Gasteiger partial charge on any atom is -0.334 e. The Morgan fingerprint density at radius 3 is 2.73 bits per heavy atom. The molecule has 1 aliphatic heterocycles. The largest absolute Gasteiger partial charge is 0.334 e. The molecule has 0 saturated carbocycles. The van der Waals surface area contributed by atoms with Crippen molar-refractivity contribution in [3.8, 4) is 11.5 Å². The number of anilines is 1. The third kappa shape index (κ3) is 2.99. The maximum Gasteiger partial charge on any atom is 0.258 e. The molecule has 0 aliphatic carbocycles. The van der Waals surface area contributed by atoms with Gasteiger partial charge in [0.25, 0.3) is 5.89 Å². The van der Waals surface area contributed by atoms with Gasteiger partial charge in [-0.3, -0.25) is 4.79 Å². The molecule has 5 nitrogen and oxygen atoms in total. The van der Waals surface area contributed by atoms with Crippen molar-refractivity contribution >= 4 is 23.2 Å². The number of carbonyl (C=O) groups excluding carboxylic acids is 1. The number of nitrogens with zero attached hydrogens (tertiary/aromatic N) is 3. The molecule has 0 bridgehead atoms. The summed E-state index contributed by atoms with van der Waals surface area (Å²) < 4.78 is 5.45. The van der Waals surface area contributed by atoms with Crippen LogP contribution < -0.4 is 4.90 Å². The number of hydrogen-bond acceptors (Lipinski definition) is 4. The third-order valence-corrected chi connectivity index (χ3v) is 4.99. The second-order valence-electron chi connectivity index (χ2n) is 6.61. The van der Waals surface area contributed by atoms with Gasteiger partial charge in [0.05, 0.1) is 0 Å². The van der Waals surface area contributed by atoms with Crippen LogP contribution >= 0.6 is 11.6 Å². The SMILES string of the molecule is Cc1ccccc1-c1nc(C2CC(=O)N(c3ccc(Cl)cc3C)C2)no1. The zero-order valence-corrected chi connectivity index (χ0v) is 15.3. The van der Waals surface area contributed by atoms with Crippen LogP contribution in [0.1, 0.15) is 29.3 Å². The van der Waals surface area contributed by atoms with E-state index in [1.54, 1.807) is 11.0 Å². The molecule has 1 atom stereocenters. The van der Waals surface area contributed by atoms with Crippen LogP contribution in [0, 0.1) is 13.8 Å². The molecule has 1 aliphatic rings. The number of rotatable bonds is 3. The summed E-state index contributed by atoms with van der Waals surface area (Å²) in [7, 11) is 0. The Bertz CT molecular complexity index is 983. The molecule has 132 valence electrons. The highest BCUT2D eigenvalue weighted by Gasteiger charge is 2.35. The Kier molecular flexibility index (Phi) is 4.24. The highest BCUT2D eigenvalue weighted by atomic mass is 35.5. The molecule has 2 aromatic carbocycles. The van der Waals surface area contributed by atoms with E-state index in [9.17, 15) is 4.79 Å². The molecule has 3 aromatic rings. The average molecular weight is 368 g/mol. The molecule has 1 unspecified atom stereocenters. The van der Waals surface area contributed by atoms with Crippen molar-refractivity contribution in [1.29, 1.82) is 0 Å². The Morgan fingerprint density at radius 2 is 1.96 bits per heavy atom. The van der Waals surface area contributed by atoms with Crippen LogP contribution in [0.15, 0.2) is 47.0 Å². The summed E-state index contributed by atoms with van der Waals surface area (Å²) in [5.41, 5.74) is 3.84. The van der Waals surface area contributed by atoms with Gasteiger partial charge in [-0.25, -0.2) is 0 Å². The standard InChI is InChI=1S/C20H18ClN3O2/c1-12-5-3-4-6-16(12)20-22-19(23-26-20)14-10-18(25)24(11-14)17-8-7-15(21)9-13(17)2/h3-9,14H,10-11H2,1-2H3. The first-order valence-electron chi connectivity index (χ1n) is 8.49. The Morgan fingerprint density at radius 1 is 1.15 bits per heavy atom. The summed E-state index contributed by atoms with van der Waals surface area (Å²) in [6.45, 7) is 4.49. The number of hydrogen-bond donors (Lipinski definition) is 0. The molecule has 6 heteroatoms. The van der Waals surface area contributed by atoms with Crippen molar-refractivity contribution in [1.82, 2.24) is 10.1 Å². The second-order valence-corrected chi connectivity index (χ2v) is 7.05. The third-order valence-electron chi connectivity index (χ3n) is 4.76. The van der Waals surface area contributed by atoms with Crippen LogP contribution in [0.4, 0.5) is 5.69 Å². The van der Waals surface area contributed by atoms with Crippen LogP contribution in [0.3, 0.4) is 0 Å². The van der Waals surface area contributed by atoms with E-state index in [0.717, 1.165) is 22.4 Å². The lowest BCUT2D eigenvalue weighted by Gasteiger charge is -2.18. The van der Waals surface area contributed by atoms with E-state index in [4.69, 9.17) is 16.1 Å². The molecule has 4 rings (SSSR count). The smallest absolute Gasteiger partial charge is 0.258 e. The van der Waals surface area contributed by atoms with Gasteiger partial charge >= 0.3 is 0 Å². The fraction of sp³-hybridized carbons (Fsp3) is 0.250. The average Bonchev–Trinajstić information content (AvgIpc) is 3.22. The first kappa shape index (κ1) is 16.8. The molecule has 26 heavy (non-hydrogen) atoms. The fourth-order valence-electron chi connectivity index (χ4n) is 3.36. The van der Waals surface area contributed by atoms with Crippen LogP contribution in [0.2, 0.25) is 5.02 Å². The summed E-state index contributed by atoms with van der Waals surface area (Å²) >= 11 is 6.02. The molecule has 2 heterocycles. The maximum atomic E-state index is 12.5. The van der Waals surface area contributed by atoms with E-state index in [0.29, 0.717) is 29.7 Å². The maximum absolute atomic E-state index is 12.5. The molecule has 1 amide bonds. The highest BCUT2D eigenvalue weighted by Crippen LogP contribution is 2.34. The Hall–Kier alpha value is -2.66. The Labute approximate surface area is 156 Å². The van der Waals surface area contributed by atoms with Crippen LogP contribution in [-0.2, 0) is 4.79 Å². The topological polar surface area (TPSA) is 59.2 Å². The second kappa shape index (κ2) is 6.57. The predicted octanol–water partition coefficient (Wildman–Crippen LogP) is 4.53. The highest BCUT2D eigenvalue weighted by molar-refractivity contribution is 6.30. The summed E-state index contributed by atoms with van der Waals surface area (Å²) in [5.74, 6) is 1.04. The predicted molar refractivity (Wildman–Crippen MR) is 100 cm³/mol. The molecule has 0 radical (unpaired) electrons. The molecule has 0 N–H and O–H groups in total. The van der Waals surface area contributed by atoms with Gasteiger partial charge < -0.3 is 9.42 Å². The number of halogens is 1. The van der Waals surface area contributed by atoms with Gasteiger partial charge in [-0.05, 0) is 49.2 Å². The van der Waals surface area contributed by atoms with E-state index in [1.807, 2.05) is 50.2 Å². The number of amides is 1. The number of aryl methyl sites for hydroxylation is 2. The van der Waals surface area contributed by atoms with Crippen LogP contribution in [-0.4, -0.2) is 22.6 Å². The van der Waals surface area contributed by atoms with Gasteiger partial charge in [0.1, 0.15) is 0 Å². The number of aromatic nitrogens is 2. The normalized spacial score (nSPS) is 17.1. The quantitative estimate of drug-likeness (QED) is 0.682. The first-order valence-corrected chi connectivity index (χ1v) is 8.87. The van der Waals surface area contributed by atoms with Crippen molar-refractivity contribution in [3.05, 3.63) is 64.4 Å². The van der Waals surface area contributed by atoms with Crippen LogP contribution in [0.25, 0.3) is 11.5 Å². The van der Waals surface area contributed by atoms with Crippen molar-refractivity contribution < 1.29 is 9.32 Å². The minimum absolute atomic E-state index is 0.0580. The van der Waals surface area contributed by atoms with Gasteiger partial charge in [-0.15, -0.1) is 0 Å². The van der Waals surface area contributed by atoms with Crippen molar-refractivity contribution in [2.75, 3.05) is 11.4 Å². The van der Waals surface area contributed by atoms with Crippen LogP contribution in [0.5, 0.6) is 0 Å². The molecular weight excluding hydrogens is 350 g/mol. The minimum atomic E-state index is -0.0842. The zero-order chi connectivity index (χ0) is 18.3. The van der Waals surface area contributed by atoms with Gasteiger partial charge in [0.2, 0.25) is 5.91 Å². The monoisotopic (exact) mass is 367 g/mol. The number of benzene rings is 2. The fourth-order valence-corrected chi connectivity index (χ4v) is 3.58. The van der Waals surface area contributed by atoms with E-state index < -0.39 is 0 Å². The molecule has 1 saturated heterocycles. The molecule has 0 spiro atoms. The summed E-state index contributed by atoms with van der Waals surface area (Å²) in [5, 5.41) is 4.79. The van der Waals surface area contributed by atoms with Gasteiger partial charge in [-0.2, -0.15) is 4.98 Å². The first-order chi connectivity index (χ1) is 12.5. The van der Waals surface area contributed by atoms with Crippen molar-refractivity contribution in [3.63, 3.8) is 0 Å². The lowest BCUT2D eigenvalue weighted by atomic mass is 10.1. The van der Waals surface area contributed by atoms with Gasteiger partial charge in [0.15, 0.2) is 5.82 Å². The lowest BCUT2D eigenvalue weighted by Crippen LogP contribution is -2.25. The van der Waals surface area contributed by atoms with E-state index in [2.05, 4.69) is 10.1 Å². The van der Waals surface area contributed by atoms with Gasteiger partial charge in [-0.1, -0.05) is 35.0 Å². The summed E-state index contributed by atoms with van der Waals surface area (Å²) in [6.07, 6.45) is 0.370. The molecular formula is C20H18ClN3O2. The molecule has 1 fully saturated rings. The van der Waals surface area contributed by atoms with Crippen molar-refractivity contribution in [2.45, 2.75) is 26.2 Å². The Balaban J connectivity index is 1.59. The number of carbonyl (C=O) groups is 1. The lowest BCUT2D eigenvalue weighted by molar-refractivity contribution is -0.117. The van der Waals surface area contributed by atoms with Gasteiger partial charge in [0, 0.05) is 35.2 Å². The molecule has 1 aromatic heterocycles. The van der Waals surface area contributed by atoms with E-state index in [1.165, 1.54) is 0 Å². The zero-order valence-electron chi connectivity index (χ0n) is 14.6. The van der Waals surface area contributed by atoms with Crippen molar-refractivity contribution in [2.24, 2.45) is 0 Å².